The third kappa shape index (κ3) is 4.28. The highest BCUT2D eigenvalue weighted by atomic mass is 35.5. The number of anilines is 1. The second kappa shape index (κ2) is 8.32. The van der Waals surface area contributed by atoms with Crippen LogP contribution in [0.25, 0.3) is 5.57 Å². The van der Waals surface area contributed by atoms with Gasteiger partial charge in [-0.1, -0.05) is 29.8 Å². The van der Waals surface area contributed by atoms with Crippen molar-refractivity contribution in [1.82, 2.24) is 4.90 Å². The summed E-state index contributed by atoms with van der Waals surface area (Å²) in [7, 11) is -3.08. The lowest BCUT2D eigenvalue weighted by Crippen LogP contribution is -2.28. The van der Waals surface area contributed by atoms with Crippen molar-refractivity contribution in [3.63, 3.8) is 0 Å². The predicted molar refractivity (Wildman–Crippen MR) is 115 cm³/mol. The maximum Gasteiger partial charge on any atom is 0.265 e. The van der Waals surface area contributed by atoms with Crippen LogP contribution in [0.4, 0.5) is 14.5 Å². The number of carbonyl (C=O) groups is 1. The number of phenolic OH excluding ortho intramolecular Hbond substituents is 1. The predicted octanol–water partition coefficient (Wildman–Crippen LogP) is 4.56. The molecule has 2 aromatic rings. The van der Waals surface area contributed by atoms with E-state index in [1.807, 2.05) is 4.72 Å². The van der Waals surface area contributed by atoms with Gasteiger partial charge in [-0.15, -0.1) is 0 Å². The van der Waals surface area contributed by atoms with E-state index < -0.39 is 43.9 Å². The zero-order valence-electron chi connectivity index (χ0n) is 16.7. The molecule has 10 heteroatoms. The van der Waals surface area contributed by atoms with Gasteiger partial charge >= 0.3 is 0 Å². The van der Waals surface area contributed by atoms with E-state index in [-0.39, 0.29) is 22.7 Å². The van der Waals surface area contributed by atoms with Crippen molar-refractivity contribution in [2.24, 2.45) is 0 Å². The highest BCUT2D eigenvalue weighted by Gasteiger charge is 2.27. The number of allylic oxidation sites excluding steroid dienone is 2. The quantitative estimate of drug-likeness (QED) is 0.642. The van der Waals surface area contributed by atoms with E-state index >= 15 is 0 Å². The Labute approximate surface area is 183 Å². The Kier molecular flexibility index (Phi) is 6.11. The molecule has 0 fully saturated rings. The summed E-state index contributed by atoms with van der Waals surface area (Å²) < 4.78 is 56.8. The lowest BCUT2D eigenvalue weighted by atomic mass is 9.97. The molecule has 164 valence electrons. The summed E-state index contributed by atoms with van der Waals surface area (Å²) in [5.74, 6) is -3.40. The molecule has 1 aliphatic rings. The minimum atomic E-state index is -4.59. The Morgan fingerprint density at radius 3 is 2.55 bits per heavy atom. The van der Waals surface area contributed by atoms with Crippen molar-refractivity contribution in [3.05, 3.63) is 70.3 Å². The van der Waals surface area contributed by atoms with Crippen LogP contribution in [0, 0.1) is 11.6 Å². The summed E-state index contributed by atoms with van der Waals surface area (Å²) >= 11 is 5.95. The number of hydrogen-bond donors (Lipinski definition) is 2. The van der Waals surface area contributed by atoms with Crippen LogP contribution < -0.4 is 4.72 Å². The molecule has 4 bridgehead atoms. The second-order valence-corrected chi connectivity index (χ2v) is 9.16. The van der Waals surface area contributed by atoms with Gasteiger partial charge in [0.25, 0.3) is 15.9 Å². The number of nitrogens with zero attached hydrogens (tertiary/aromatic N) is 1. The van der Waals surface area contributed by atoms with Gasteiger partial charge < -0.3 is 10.0 Å². The maximum absolute atomic E-state index is 14.6. The summed E-state index contributed by atoms with van der Waals surface area (Å²) in [6.07, 6.45) is 1.73. The normalized spacial score (nSPS) is 18.9. The zero-order valence-corrected chi connectivity index (χ0v) is 18.2. The lowest BCUT2D eigenvalue weighted by Gasteiger charge is -2.21. The molecule has 31 heavy (non-hydrogen) atoms. The van der Waals surface area contributed by atoms with E-state index in [0.29, 0.717) is 23.6 Å². The topological polar surface area (TPSA) is 86.7 Å². The molecule has 1 aliphatic heterocycles. The van der Waals surface area contributed by atoms with Gasteiger partial charge in [-0.25, -0.2) is 17.2 Å². The fraction of sp³-hybridized carbons (Fsp3) is 0.190. The monoisotopic (exact) mass is 468 g/mol. The number of benzene rings is 2. The number of aromatic hydroxyl groups is 1. The molecule has 0 atom stereocenters. The summed E-state index contributed by atoms with van der Waals surface area (Å²) in [4.78, 5) is 13.4. The second-order valence-electron chi connectivity index (χ2n) is 7.10. The minimum absolute atomic E-state index is 0.0614. The standard InChI is InChI=1S/C21H19ClF2N2O4S/c1-4-13-11(2)5-6-26(3)21(28)12-7-15(22)20(27)19(8-12)31(29,30)25-18-9-14(13)16(23)10-17(18)24/h4,7-10,25,27H,1,5-6H2,2-3H3/b13-11-. The molecule has 0 spiro atoms. The Hall–Kier alpha value is -2.91. The number of phenols is 1. The van der Waals surface area contributed by atoms with Gasteiger partial charge in [0.1, 0.15) is 16.5 Å². The number of carbonyl (C=O) groups excluding carboxylic acids is 1. The summed E-state index contributed by atoms with van der Waals surface area (Å²) in [5, 5.41) is 9.84. The Morgan fingerprint density at radius 2 is 1.90 bits per heavy atom. The van der Waals surface area contributed by atoms with E-state index in [1.54, 1.807) is 6.92 Å². The summed E-state index contributed by atoms with van der Waals surface area (Å²) in [6, 6.07) is 3.68. The van der Waals surface area contributed by atoms with Gasteiger partial charge in [-0.2, -0.15) is 0 Å². The van der Waals surface area contributed by atoms with Crippen molar-refractivity contribution in [2.75, 3.05) is 18.3 Å². The Balaban J connectivity index is 2.33. The molecule has 0 saturated carbocycles. The highest BCUT2D eigenvalue weighted by Crippen LogP contribution is 2.36. The van der Waals surface area contributed by atoms with E-state index in [2.05, 4.69) is 6.58 Å². The molecule has 0 unspecified atom stereocenters. The van der Waals surface area contributed by atoms with Gasteiger partial charge in [0, 0.05) is 30.8 Å². The Bertz CT molecular complexity index is 1240. The number of amides is 1. The van der Waals surface area contributed by atoms with Crippen LogP contribution in [0.5, 0.6) is 5.75 Å². The largest absolute Gasteiger partial charge is 0.505 e. The SMILES string of the molecule is C=C/C1=C(\C)CCN(C)C(=O)c2cc(Cl)c(O)c(c2)S(=O)(=O)Nc2cc1c(F)cc2F. The van der Waals surface area contributed by atoms with Crippen LogP contribution in [0.15, 0.2) is 47.4 Å². The van der Waals surface area contributed by atoms with Gasteiger partial charge in [0.15, 0.2) is 5.75 Å². The molecule has 0 saturated heterocycles. The first kappa shape index (κ1) is 22.8. The molecule has 3 rings (SSSR count). The van der Waals surface area contributed by atoms with Gasteiger partial charge in [-0.3, -0.25) is 9.52 Å². The van der Waals surface area contributed by atoms with Gasteiger partial charge in [0.2, 0.25) is 0 Å². The molecule has 2 N–H and O–H groups in total. The zero-order chi connectivity index (χ0) is 23.1. The summed E-state index contributed by atoms with van der Waals surface area (Å²) in [6.45, 7) is 5.60. The van der Waals surface area contributed by atoms with Crippen molar-refractivity contribution < 1.29 is 27.1 Å². The lowest BCUT2D eigenvalue weighted by molar-refractivity contribution is 0.0796. The molecular formula is C21H19ClF2N2O4S. The number of sulfonamides is 1. The van der Waals surface area contributed by atoms with Crippen LogP contribution in [-0.2, 0) is 10.0 Å². The first-order valence-corrected chi connectivity index (χ1v) is 10.9. The van der Waals surface area contributed by atoms with Crippen LogP contribution in [0.1, 0.15) is 29.3 Å². The van der Waals surface area contributed by atoms with Crippen molar-refractivity contribution >= 4 is 38.8 Å². The number of hydrogen-bond acceptors (Lipinski definition) is 4. The molecule has 0 aromatic heterocycles. The number of nitrogens with one attached hydrogen (secondary N) is 1. The third-order valence-corrected chi connectivity index (χ3v) is 6.66. The van der Waals surface area contributed by atoms with Crippen molar-refractivity contribution in [3.8, 4) is 5.75 Å². The molecule has 0 aliphatic carbocycles. The van der Waals surface area contributed by atoms with E-state index in [0.717, 1.165) is 18.2 Å². The van der Waals surface area contributed by atoms with Crippen LogP contribution >= 0.6 is 11.6 Å². The van der Waals surface area contributed by atoms with Gasteiger partial charge in [0.05, 0.1) is 10.7 Å². The number of halogens is 3. The van der Waals surface area contributed by atoms with Crippen molar-refractivity contribution in [2.45, 2.75) is 18.2 Å². The maximum atomic E-state index is 14.6. The van der Waals surface area contributed by atoms with E-state index in [9.17, 15) is 27.1 Å². The average molecular weight is 469 g/mol. The molecule has 0 radical (unpaired) electrons. The Morgan fingerprint density at radius 1 is 1.23 bits per heavy atom. The molecular weight excluding hydrogens is 450 g/mol. The highest BCUT2D eigenvalue weighted by molar-refractivity contribution is 7.92. The fourth-order valence-electron chi connectivity index (χ4n) is 3.24. The number of fused-ring (bicyclic) bond motifs is 4. The molecule has 6 nitrogen and oxygen atoms in total. The molecule has 1 heterocycles. The fourth-order valence-corrected chi connectivity index (χ4v) is 4.72. The number of rotatable bonds is 1. The average Bonchev–Trinajstić information content (AvgIpc) is 2.70. The third-order valence-electron chi connectivity index (χ3n) is 4.99. The van der Waals surface area contributed by atoms with E-state index in [4.69, 9.17) is 11.6 Å². The molecule has 2 aromatic carbocycles. The first-order valence-electron chi connectivity index (χ1n) is 9.08. The summed E-state index contributed by atoms with van der Waals surface area (Å²) in [5.41, 5.74) is 0.336. The van der Waals surface area contributed by atoms with Crippen LogP contribution in [0.3, 0.4) is 0 Å². The first-order chi connectivity index (χ1) is 14.5. The van der Waals surface area contributed by atoms with Gasteiger partial charge in [-0.05, 0) is 37.1 Å². The van der Waals surface area contributed by atoms with Crippen LogP contribution in [0.2, 0.25) is 5.02 Å². The van der Waals surface area contributed by atoms with Crippen molar-refractivity contribution in [1.29, 1.82) is 0 Å². The minimum Gasteiger partial charge on any atom is -0.505 e. The van der Waals surface area contributed by atoms with E-state index in [1.165, 1.54) is 18.0 Å². The smallest absolute Gasteiger partial charge is 0.265 e. The molecule has 1 amide bonds. The van der Waals surface area contributed by atoms with Crippen LogP contribution in [-0.4, -0.2) is 37.9 Å².